The Hall–Kier alpha value is -1.00. The molecule has 0 amide bonds. The molecule has 0 aliphatic carbocycles. The fraction of sp³-hybridized carbons (Fsp3) is 0.364. The molecular weight excluding hydrogens is 210 g/mol. The van der Waals surface area contributed by atoms with Gasteiger partial charge in [-0.3, -0.25) is 4.79 Å². The standard InChI is InChI=1S/C11H15NO2S/c1-7-5-11(15-2)8(6-10(7)14)9(13)3-4-12/h5-6,14H,3-4,12H2,1-2H3. The van der Waals surface area contributed by atoms with Crippen molar-refractivity contribution in [1.82, 2.24) is 0 Å². The normalized spacial score (nSPS) is 10.3. The zero-order valence-corrected chi connectivity index (χ0v) is 9.73. The molecule has 0 aromatic heterocycles. The first-order valence-corrected chi connectivity index (χ1v) is 5.93. The molecule has 82 valence electrons. The summed E-state index contributed by atoms with van der Waals surface area (Å²) in [5, 5.41) is 9.54. The van der Waals surface area contributed by atoms with Crippen LogP contribution in [0.2, 0.25) is 0 Å². The van der Waals surface area contributed by atoms with Gasteiger partial charge in [-0.15, -0.1) is 11.8 Å². The second kappa shape index (κ2) is 5.19. The lowest BCUT2D eigenvalue weighted by atomic mass is 10.1. The molecule has 0 unspecified atom stereocenters. The van der Waals surface area contributed by atoms with Crippen LogP contribution in [0.25, 0.3) is 0 Å². The molecular formula is C11H15NO2S. The molecule has 0 aliphatic rings. The van der Waals surface area contributed by atoms with Crippen LogP contribution in [0.5, 0.6) is 5.75 Å². The van der Waals surface area contributed by atoms with E-state index in [1.165, 1.54) is 17.8 Å². The average molecular weight is 225 g/mol. The van der Waals surface area contributed by atoms with Crippen LogP contribution in [0.1, 0.15) is 22.3 Å². The van der Waals surface area contributed by atoms with Gasteiger partial charge in [-0.2, -0.15) is 0 Å². The number of nitrogens with two attached hydrogens (primary N) is 1. The zero-order valence-electron chi connectivity index (χ0n) is 8.91. The van der Waals surface area contributed by atoms with Crippen LogP contribution in [0.3, 0.4) is 0 Å². The summed E-state index contributed by atoms with van der Waals surface area (Å²) in [7, 11) is 0. The van der Waals surface area contributed by atoms with Gasteiger partial charge in [-0.25, -0.2) is 0 Å². The van der Waals surface area contributed by atoms with Crippen molar-refractivity contribution in [3.05, 3.63) is 23.3 Å². The zero-order chi connectivity index (χ0) is 11.4. The van der Waals surface area contributed by atoms with Crippen molar-refractivity contribution in [2.75, 3.05) is 12.8 Å². The number of carbonyl (C=O) groups is 1. The largest absolute Gasteiger partial charge is 0.508 e. The Morgan fingerprint density at radius 3 is 2.73 bits per heavy atom. The van der Waals surface area contributed by atoms with Gasteiger partial charge in [-0.1, -0.05) is 0 Å². The molecule has 15 heavy (non-hydrogen) atoms. The summed E-state index contributed by atoms with van der Waals surface area (Å²) in [5.41, 5.74) is 6.68. The summed E-state index contributed by atoms with van der Waals surface area (Å²) in [5.74, 6) is 0.144. The van der Waals surface area contributed by atoms with Crippen molar-refractivity contribution < 1.29 is 9.90 Å². The SMILES string of the molecule is CSc1cc(C)c(O)cc1C(=O)CCN. The van der Waals surface area contributed by atoms with Crippen molar-refractivity contribution in [1.29, 1.82) is 0 Å². The number of thioether (sulfide) groups is 1. The summed E-state index contributed by atoms with van der Waals surface area (Å²) < 4.78 is 0. The first kappa shape index (κ1) is 12.1. The van der Waals surface area contributed by atoms with Crippen LogP contribution in [-0.4, -0.2) is 23.7 Å². The van der Waals surface area contributed by atoms with Gasteiger partial charge in [0.2, 0.25) is 0 Å². The van der Waals surface area contributed by atoms with E-state index in [0.29, 0.717) is 18.5 Å². The molecule has 1 rings (SSSR count). The van der Waals surface area contributed by atoms with E-state index in [2.05, 4.69) is 0 Å². The highest BCUT2D eigenvalue weighted by molar-refractivity contribution is 7.98. The lowest BCUT2D eigenvalue weighted by Gasteiger charge is -2.08. The number of hydrogen-bond donors (Lipinski definition) is 2. The molecule has 0 saturated heterocycles. The van der Waals surface area contributed by atoms with E-state index in [1.807, 2.05) is 19.2 Å². The number of Topliss-reactive ketones (excluding diaryl/α,β-unsaturated/α-hetero) is 1. The van der Waals surface area contributed by atoms with Gasteiger partial charge in [0, 0.05) is 16.9 Å². The van der Waals surface area contributed by atoms with Gasteiger partial charge in [0.15, 0.2) is 5.78 Å². The van der Waals surface area contributed by atoms with Crippen LogP contribution in [-0.2, 0) is 0 Å². The van der Waals surface area contributed by atoms with Crippen LogP contribution in [0.4, 0.5) is 0 Å². The Bertz CT molecular complexity index is 377. The quantitative estimate of drug-likeness (QED) is 0.607. The summed E-state index contributed by atoms with van der Waals surface area (Å²) >= 11 is 1.50. The highest BCUT2D eigenvalue weighted by atomic mass is 32.2. The number of rotatable bonds is 4. The molecule has 0 bridgehead atoms. The Kier molecular flexibility index (Phi) is 4.17. The van der Waals surface area contributed by atoms with Crippen LogP contribution in [0, 0.1) is 6.92 Å². The van der Waals surface area contributed by atoms with E-state index < -0.39 is 0 Å². The Labute approximate surface area is 93.7 Å². The van der Waals surface area contributed by atoms with E-state index in [0.717, 1.165) is 10.5 Å². The second-order valence-corrected chi connectivity index (χ2v) is 4.15. The lowest BCUT2D eigenvalue weighted by Crippen LogP contribution is -2.09. The number of phenolic OH excluding ortho intramolecular Hbond substituents is 1. The summed E-state index contributed by atoms with van der Waals surface area (Å²) in [4.78, 5) is 12.6. The molecule has 1 aromatic rings. The first-order chi connectivity index (χ1) is 7.10. The van der Waals surface area contributed by atoms with Crippen molar-refractivity contribution >= 4 is 17.5 Å². The van der Waals surface area contributed by atoms with E-state index in [4.69, 9.17) is 5.73 Å². The molecule has 3 N–H and O–H groups in total. The van der Waals surface area contributed by atoms with Gasteiger partial charge in [0.25, 0.3) is 0 Å². The van der Waals surface area contributed by atoms with Gasteiger partial charge in [0.05, 0.1) is 0 Å². The van der Waals surface area contributed by atoms with Crippen molar-refractivity contribution in [2.45, 2.75) is 18.2 Å². The molecule has 0 radical (unpaired) electrons. The number of carbonyl (C=O) groups excluding carboxylic acids is 1. The molecule has 4 heteroatoms. The predicted molar refractivity (Wildman–Crippen MR) is 62.6 cm³/mol. The minimum Gasteiger partial charge on any atom is -0.508 e. The molecule has 0 spiro atoms. The van der Waals surface area contributed by atoms with Gasteiger partial charge < -0.3 is 10.8 Å². The number of aryl methyl sites for hydroxylation is 1. The van der Waals surface area contributed by atoms with Gasteiger partial charge >= 0.3 is 0 Å². The average Bonchev–Trinajstić information content (AvgIpc) is 2.21. The Morgan fingerprint density at radius 2 is 2.20 bits per heavy atom. The summed E-state index contributed by atoms with van der Waals surface area (Å²) in [6.07, 6.45) is 2.22. The van der Waals surface area contributed by atoms with E-state index in [-0.39, 0.29) is 11.5 Å². The van der Waals surface area contributed by atoms with E-state index >= 15 is 0 Å². The van der Waals surface area contributed by atoms with Gasteiger partial charge in [0.1, 0.15) is 5.75 Å². The highest BCUT2D eigenvalue weighted by Crippen LogP contribution is 2.28. The fourth-order valence-corrected chi connectivity index (χ4v) is 2.01. The maximum absolute atomic E-state index is 11.7. The molecule has 0 saturated carbocycles. The van der Waals surface area contributed by atoms with Crippen molar-refractivity contribution in [3.8, 4) is 5.75 Å². The summed E-state index contributed by atoms with van der Waals surface area (Å²) in [6.45, 7) is 2.15. The monoisotopic (exact) mass is 225 g/mol. The Balaban J connectivity index is 3.15. The predicted octanol–water partition coefficient (Wildman–Crippen LogP) is 1.95. The molecule has 0 aliphatic heterocycles. The number of benzene rings is 1. The maximum Gasteiger partial charge on any atom is 0.165 e. The highest BCUT2D eigenvalue weighted by Gasteiger charge is 2.12. The molecule has 0 atom stereocenters. The number of phenols is 1. The van der Waals surface area contributed by atoms with E-state index in [1.54, 1.807) is 0 Å². The maximum atomic E-state index is 11.7. The van der Waals surface area contributed by atoms with Crippen LogP contribution >= 0.6 is 11.8 Å². The second-order valence-electron chi connectivity index (χ2n) is 3.30. The smallest absolute Gasteiger partial charge is 0.165 e. The minimum absolute atomic E-state index is 0.0165. The first-order valence-electron chi connectivity index (χ1n) is 4.71. The molecule has 3 nitrogen and oxygen atoms in total. The number of hydrogen-bond acceptors (Lipinski definition) is 4. The third-order valence-electron chi connectivity index (χ3n) is 2.19. The van der Waals surface area contributed by atoms with Crippen molar-refractivity contribution in [3.63, 3.8) is 0 Å². The van der Waals surface area contributed by atoms with Crippen molar-refractivity contribution in [2.24, 2.45) is 5.73 Å². The summed E-state index contributed by atoms with van der Waals surface area (Å²) in [6, 6.07) is 3.35. The fourth-order valence-electron chi connectivity index (χ4n) is 1.32. The topological polar surface area (TPSA) is 63.3 Å². The minimum atomic E-state index is -0.0165. The van der Waals surface area contributed by atoms with E-state index in [9.17, 15) is 9.90 Å². The Morgan fingerprint density at radius 1 is 1.53 bits per heavy atom. The molecule has 1 aromatic carbocycles. The lowest BCUT2D eigenvalue weighted by molar-refractivity contribution is 0.0982. The van der Waals surface area contributed by atoms with Crippen LogP contribution < -0.4 is 5.73 Å². The molecule has 0 heterocycles. The third kappa shape index (κ3) is 2.73. The third-order valence-corrected chi connectivity index (χ3v) is 2.97. The molecule has 0 fully saturated rings. The number of aromatic hydroxyl groups is 1. The number of ketones is 1. The van der Waals surface area contributed by atoms with Gasteiger partial charge in [-0.05, 0) is 37.4 Å². The van der Waals surface area contributed by atoms with Crippen LogP contribution in [0.15, 0.2) is 17.0 Å².